The van der Waals surface area contributed by atoms with Crippen molar-refractivity contribution in [1.29, 1.82) is 0 Å². The first-order valence-corrected chi connectivity index (χ1v) is 6.90. The van der Waals surface area contributed by atoms with E-state index in [0.717, 1.165) is 0 Å². The van der Waals surface area contributed by atoms with E-state index in [1.165, 1.54) is 12.1 Å². The van der Waals surface area contributed by atoms with E-state index in [4.69, 9.17) is 28.3 Å². The molecular formula is C13H15Cl2FN2O3. The molecule has 0 saturated heterocycles. The second kappa shape index (κ2) is 7.47. The van der Waals surface area contributed by atoms with Crippen molar-refractivity contribution < 1.29 is 19.1 Å². The van der Waals surface area contributed by atoms with Crippen molar-refractivity contribution in [2.75, 3.05) is 5.32 Å². The summed E-state index contributed by atoms with van der Waals surface area (Å²) >= 11 is 11.2. The van der Waals surface area contributed by atoms with Gasteiger partial charge in [-0.05, 0) is 18.1 Å². The van der Waals surface area contributed by atoms with Gasteiger partial charge in [-0.2, -0.15) is 0 Å². The summed E-state index contributed by atoms with van der Waals surface area (Å²) in [5.41, 5.74) is 0.210. The summed E-state index contributed by atoms with van der Waals surface area (Å²) in [6.07, 6.45) is -0.198. The van der Waals surface area contributed by atoms with E-state index in [9.17, 15) is 14.0 Å². The number of carboxylic acids is 1. The molecule has 1 atom stereocenters. The van der Waals surface area contributed by atoms with Gasteiger partial charge in [-0.3, -0.25) is 4.79 Å². The summed E-state index contributed by atoms with van der Waals surface area (Å²) in [5.74, 6) is -1.84. The van der Waals surface area contributed by atoms with Crippen molar-refractivity contribution in [3.63, 3.8) is 0 Å². The molecule has 21 heavy (non-hydrogen) atoms. The van der Waals surface area contributed by atoms with E-state index >= 15 is 0 Å². The van der Waals surface area contributed by atoms with Crippen molar-refractivity contribution in [2.45, 2.75) is 26.3 Å². The number of rotatable bonds is 5. The average Bonchev–Trinajstić information content (AvgIpc) is 2.34. The highest BCUT2D eigenvalue weighted by Crippen LogP contribution is 2.27. The van der Waals surface area contributed by atoms with E-state index in [1.807, 2.05) is 0 Å². The van der Waals surface area contributed by atoms with E-state index in [2.05, 4.69) is 10.6 Å². The Balaban J connectivity index is 2.74. The van der Waals surface area contributed by atoms with Crippen LogP contribution in [-0.2, 0) is 4.79 Å². The molecule has 0 aromatic heterocycles. The predicted molar refractivity (Wildman–Crippen MR) is 79.5 cm³/mol. The molecule has 1 rings (SSSR count). The minimum Gasteiger partial charge on any atom is -0.481 e. The Morgan fingerprint density at radius 1 is 1.29 bits per heavy atom. The summed E-state index contributed by atoms with van der Waals surface area (Å²) in [7, 11) is 0. The quantitative estimate of drug-likeness (QED) is 0.716. The van der Waals surface area contributed by atoms with Crippen LogP contribution >= 0.6 is 23.2 Å². The molecule has 5 nitrogen and oxygen atoms in total. The lowest BCUT2D eigenvalue weighted by atomic mass is 10.0. The Hall–Kier alpha value is -1.53. The number of aliphatic carboxylic acids is 1. The van der Waals surface area contributed by atoms with Crippen LogP contribution in [0, 0.1) is 11.7 Å². The van der Waals surface area contributed by atoms with Gasteiger partial charge in [0.25, 0.3) is 0 Å². The SMILES string of the molecule is CC(C)C(CC(=O)O)NC(=O)Nc1cc(Cl)c(F)c(Cl)c1. The van der Waals surface area contributed by atoms with Gasteiger partial charge >= 0.3 is 12.0 Å². The molecule has 0 aliphatic rings. The summed E-state index contributed by atoms with van der Waals surface area (Å²) in [6, 6.07) is 1.27. The van der Waals surface area contributed by atoms with Crippen molar-refractivity contribution in [3.8, 4) is 0 Å². The third kappa shape index (κ3) is 5.40. The Bertz CT molecular complexity index is 529. The van der Waals surface area contributed by atoms with Crippen LogP contribution in [0.25, 0.3) is 0 Å². The standard InChI is InChI=1S/C13H15Cl2FN2O3/c1-6(2)10(5-11(19)20)18-13(21)17-7-3-8(14)12(16)9(15)4-7/h3-4,6,10H,5H2,1-2H3,(H,19,20)(H2,17,18,21). The maximum Gasteiger partial charge on any atom is 0.319 e. The molecule has 3 N–H and O–H groups in total. The normalized spacial score (nSPS) is 12.1. The summed E-state index contributed by atoms with van der Waals surface area (Å²) in [6.45, 7) is 3.58. The second-order valence-corrected chi connectivity index (χ2v) is 5.62. The lowest BCUT2D eigenvalue weighted by Gasteiger charge is -2.21. The van der Waals surface area contributed by atoms with Crippen LogP contribution in [0.4, 0.5) is 14.9 Å². The molecule has 1 aromatic carbocycles. The molecular weight excluding hydrogens is 322 g/mol. The fourth-order valence-electron chi connectivity index (χ4n) is 1.60. The van der Waals surface area contributed by atoms with Crippen LogP contribution in [0.2, 0.25) is 10.0 Å². The highest BCUT2D eigenvalue weighted by Gasteiger charge is 2.19. The Kier molecular flexibility index (Phi) is 6.23. The molecule has 1 unspecified atom stereocenters. The second-order valence-electron chi connectivity index (χ2n) is 4.80. The zero-order valence-electron chi connectivity index (χ0n) is 11.4. The van der Waals surface area contributed by atoms with Crippen LogP contribution < -0.4 is 10.6 Å². The van der Waals surface area contributed by atoms with Crippen LogP contribution in [-0.4, -0.2) is 23.1 Å². The highest BCUT2D eigenvalue weighted by molar-refractivity contribution is 6.35. The predicted octanol–water partition coefficient (Wildman–Crippen LogP) is 3.75. The first-order chi connectivity index (χ1) is 9.70. The monoisotopic (exact) mass is 336 g/mol. The third-order valence-corrected chi connectivity index (χ3v) is 3.31. The maximum absolute atomic E-state index is 13.3. The minimum absolute atomic E-state index is 0.0627. The molecule has 0 bridgehead atoms. The fraction of sp³-hybridized carbons (Fsp3) is 0.385. The van der Waals surface area contributed by atoms with Gasteiger partial charge in [-0.15, -0.1) is 0 Å². The van der Waals surface area contributed by atoms with E-state index in [0.29, 0.717) is 0 Å². The molecule has 2 amide bonds. The van der Waals surface area contributed by atoms with Crippen molar-refractivity contribution in [2.24, 2.45) is 5.92 Å². The third-order valence-electron chi connectivity index (χ3n) is 2.76. The first-order valence-electron chi connectivity index (χ1n) is 6.14. The zero-order chi connectivity index (χ0) is 16.2. The number of hydrogen-bond acceptors (Lipinski definition) is 2. The fourth-order valence-corrected chi connectivity index (χ4v) is 2.09. The van der Waals surface area contributed by atoms with Crippen LogP contribution in [0.5, 0.6) is 0 Å². The number of benzene rings is 1. The number of halogens is 3. The number of urea groups is 1. The maximum atomic E-state index is 13.3. The molecule has 0 fully saturated rings. The molecule has 0 heterocycles. The molecule has 0 aliphatic heterocycles. The summed E-state index contributed by atoms with van der Waals surface area (Å²) in [4.78, 5) is 22.6. The van der Waals surface area contributed by atoms with Crippen LogP contribution in [0.1, 0.15) is 20.3 Å². The lowest BCUT2D eigenvalue weighted by Crippen LogP contribution is -2.42. The van der Waals surface area contributed by atoms with Gasteiger partial charge in [-0.25, -0.2) is 9.18 Å². The van der Waals surface area contributed by atoms with Gasteiger partial charge in [0, 0.05) is 11.7 Å². The Morgan fingerprint density at radius 2 is 1.81 bits per heavy atom. The van der Waals surface area contributed by atoms with Gasteiger partial charge in [-0.1, -0.05) is 37.0 Å². The minimum atomic E-state index is -1.01. The highest BCUT2D eigenvalue weighted by atomic mass is 35.5. The van der Waals surface area contributed by atoms with Crippen LogP contribution in [0.3, 0.4) is 0 Å². The van der Waals surface area contributed by atoms with Gasteiger partial charge in [0.2, 0.25) is 0 Å². The summed E-state index contributed by atoms with van der Waals surface area (Å²) < 4.78 is 13.3. The number of carbonyl (C=O) groups is 2. The molecule has 8 heteroatoms. The lowest BCUT2D eigenvalue weighted by molar-refractivity contribution is -0.137. The van der Waals surface area contributed by atoms with Crippen LogP contribution in [0.15, 0.2) is 12.1 Å². The number of carbonyl (C=O) groups excluding carboxylic acids is 1. The zero-order valence-corrected chi connectivity index (χ0v) is 12.9. The van der Waals surface area contributed by atoms with Gasteiger partial charge < -0.3 is 15.7 Å². The van der Waals surface area contributed by atoms with Crippen molar-refractivity contribution >= 4 is 40.9 Å². The molecule has 0 aliphatic carbocycles. The molecule has 0 saturated carbocycles. The number of nitrogens with one attached hydrogen (secondary N) is 2. The van der Waals surface area contributed by atoms with Crippen molar-refractivity contribution in [3.05, 3.63) is 28.0 Å². The summed E-state index contributed by atoms with van der Waals surface area (Å²) in [5, 5.41) is 13.3. The number of anilines is 1. The molecule has 1 aromatic rings. The smallest absolute Gasteiger partial charge is 0.319 e. The molecule has 116 valence electrons. The van der Waals surface area contributed by atoms with E-state index < -0.39 is 23.9 Å². The van der Waals surface area contributed by atoms with Gasteiger partial charge in [0.05, 0.1) is 16.5 Å². The number of carboxylic acid groups (broad SMARTS) is 1. The topological polar surface area (TPSA) is 78.4 Å². The Labute approximate surface area is 131 Å². The number of amides is 2. The molecule has 0 radical (unpaired) electrons. The average molecular weight is 337 g/mol. The molecule has 0 spiro atoms. The first kappa shape index (κ1) is 17.5. The van der Waals surface area contributed by atoms with Gasteiger partial charge in [0.15, 0.2) is 5.82 Å². The van der Waals surface area contributed by atoms with Crippen molar-refractivity contribution in [1.82, 2.24) is 5.32 Å². The van der Waals surface area contributed by atoms with Gasteiger partial charge in [0.1, 0.15) is 0 Å². The Morgan fingerprint density at radius 3 is 2.24 bits per heavy atom. The largest absolute Gasteiger partial charge is 0.481 e. The number of hydrogen-bond donors (Lipinski definition) is 3. The van der Waals surface area contributed by atoms with E-state index in [-0.39, 0.29) is 28.1 Å². The van der Waals surface area contributed by atoms with E-state index in [1.54, 1.807) is 13.8 Å².